The molecule has 0 bridgehead atoms. The monoisotopic (exact) mass is 250 g/mol. The van der Waals surface area contributed by atoms with Crippen LogP contribution in [0.3, 0.4) is 0 Å². The van der Waals surface area contributed by atoms with Crippen LogP contribution in [-0.4, -0.2) is 12.9 Å². The van der Waals surface area contributed by atoms with Gasteiger partial charge in [-0.2, -0.15) is 0 Å². The summed E-state index contributed by atoms with van der Waals surface area (Å²) < 4.78 is 18.8. The lowest BCUT2D eigenvalue weighted by Gasteiger charge is -2.20. The number of carbonyl (C=O) groups is 1. The molecule has 98 valence electrons. The summed E-state index contributed by atoms with van der Waals surface area (Å²) in [6.07, 6.45) is 5.58. The zero-order valence-electron chi connectivity index (χ0n) is 10.7. The molecule has 1 fully saturated rings. The number of ether oxygens (including phenoxy) is 1. The molecule has 0 unspecified atom stereocenters. The van der Waals surface area contributed by atoms with Crippen molar-refractivity contribution in [1.29, 1.82) is 0 Å². The van der Waals surface area contributed by atoms with Crippen LogP contribution < -0.4 is 4.74 Å². The molecule has 2 rings (SSSR count). The van der Waals surface area contributed by atoms with Crippen molar-refractivity contribution in [2.45, 2.75) is 38.5 Å². The average Bonchev–Trinajstić information content (AvgIpc) is 2.42. The lowest BCUT2D eigenvalue weighted by Crippen LogP contribution is -2.20. The third-order valence-corrected chi connectivity index (χ3v) is 3.69. The van der Waals surface area contributed by atoms with Gasteiger partial charge in [-0.15, -0.1) is 0 Å². The number of carbonyl (C=O) groups excluding carboxylic acids is 1. The van der Waals surface area contributed by atoms with Gasteiger partial charge in [0.1, 0.15) is 5.78 Å². The number of methoxy groups -OCH3 is 1. The van der Waals surface area contributed by atoms with Gasteiger partial charge in [-0.25, -0.2) is 4.39 Å². The molecule has 2 nitrogen and oxygen atoms in total. The highest BCUT2D eigenvalue weighted by molar-refractivity contribution is 5.83. The second kappa shape index (κ2) is 5.98. The minimum atomic E-state index is -0.399. The minimum Gasteiger partial charge on any atom is -0.494 e. The van der Waals surface area contributed by atoms with Crippen molar-refractivity contribution in [3.05, 3.63) is 29.6 Å². The van der Waals surface area contributed by atoms with Crippen LogP contribution in [0.5, 0.6) is 5.75 Å². The molecule has 3 heteroatoms. The van der Waals surface area contributed by atoms with E-state index in [1.165, 1.54) is 13.5 Å². The fraction of sp³-hybridized carbons (Fsp3) is 0.533. The summed E-state index contributed by atoms with van der Waals surface area (Å²) in [5, 5.41) is 0. The summed E-state index contributed by atoms with van der Waals surface area (Å²) in [6, 6.07) is 4.97. The number of hydrogen-bond donors (Lipinski definition) is 0. The van der Waals surface area contributed by atoms with Crippen molar-refractivity contribution < 1.29 is 13.9 Å². The van der Waals surface area contributed by atoms with Gasteiger partial charge >= 0.3 is 0 Å². The maximum Gasteiger partial charge on any atom is 0.168 e. The number of halogens is 1. The Balaban J connectivity index is 2.06. The second-order valence-corrected chi connectivity index (χ2v) is 4.91. The fourth-order valence-electron chi connectivity index (χ4n) is 2.61. The third kappa shape index (κ3) is 2.89. The molecule has 1 aliphatic rings. The number of ketones is 1. The van der Waals surface area contributed by atoms with Crippen LogP contribution >= 0.6 is 0 Å². The van der Waals surface area contributed by atoms with Crippen molar-refractivity contribution >= 4 is 5.78 Å². The maximum atomic E-state index is 13.9. The van der Waals surface area contributed by atoms with E-state index in [0.29, 0.717) is 5.56 Å². The normalized spacial score (nSPS) is 16.6. The molecule has 0 radical (unpaired) electrons. The van der Waals surface area contributed by atoms with Crippen LogP contribution in [0.25, 0.3) is 0 Å². The summed E-state index contributed by atoms with van der Waals surface area (Å²) in [6.45, 7) is 0. The molecule has 0 aliphatic heterocycles. The highest BCUT2D eigenvalue weighted by atomic mass is 19.1. The van der Waals surface area contributed by atoms with E-state index >= 15 is 0 Å². The van der Waals surface area contributed by atoms with E-state index in [2.05, 4.69) is 0 Å². The molecular formula is C15H19FO2. The van der Waals surface area contributed by atoms with Gasteiger partial charge in [0.2, 0.25) is 0 Å². The Morgan fingerprint density at radius 2 is 2.06 bits per heavy atom. The molecule has 1 aromatic carbocycles. The highest BCUT2D eigenvalue weighted by Gasteiger charge is 2.22. The fourth-order valence-corrected chi connectivity index (χ4v) is 2.61. The number of rotatable bonds is 4. The van der Waals surface area contributed by atoms with Crippen LogP contribution in [0, 0.1) is 11.7 Å². The van der Waals surface area contributed by atoms with Crippen LogP contribution in [0.2, 0.25) is 0 Å². The predicted octanol–water partition coefficient (Wildman–Crippen LogP) is 3.53. The first-order valence-electron chi connectivity index (χ1n) is 6.56. The Hall–Kier alpha value is -1.38. The lowest BCUT2D eigenvalue weighted by molar-refractivity contribution is -0.123. The quantitative estimate of drug-likeness (QED) is 0.817. The zero-order chi connectivity index (χ0) is 13.0. The Kier molecular flexibility index (Phi) is 4.34. The Morgan fingerprint density at radius 1 is 1.33 bits per heavy atom. The van der Waals surface area contributed by atoms with Crippen molar-refractivity contribution in [2.75, 3.05) is 7.11 Å². The molecule has 18 heavy (non-hydrogen) atoms. The molecular weight excluding hydrogens is 231 g/mol. The van der Waals surface area contributed by atoms with E-state index < -0.39 is 5.82 Å². The summed E-state index contributed by atoms with van der Waals surface area (Å²) in [5.41, 5.74) is 0.449. The Morgan fingerprint density at radius 3 is 2.72 bits per heavy atom. The summed E-state index contributed by atoms with van der Waals surface area (Å²) in [5.74, 6) is 0.110. The molecule has 0 spiro atoms. The molecule has 0 heterocycles. The van der Waals surface area contributed by atoms with E-state index in [-0.39, 0.29) is 23.9 Å². The van der Waals surface area contributed by atoms with Crippen LogP contribution in [0.1, 0.15) is 37.7 Å². The van der Waals surface area contributed by atoms with E-state index in [1.54, 1.807) is 18.2 Å². The molecule has 0 amide bonds. The predicted molar refractivity (Wildman–Crippen MR) is 68.2 cm³/mol. The van der Waals surface area contributed by atoms with Gasteiger partial charge in [0.05, 0.1) is 7.11 Å². The van der Waals surface area contributed by atoms with E-state index in [4.69, 9.17) is 4.74 Å². The zero-order valence-corrected chi connectivity index (χ0v) is 10.7. The van der Waals surface area contributed by atoms with Gasteiger partial charge in [0.25, 0.3) is 0 Å². The molecule has 1 aromatic rings. The lowest BCUT2D eigenvalue weighted by atomic mass is 9.84. The van der Waals surface area contributed by atoms with Crippen LogP contribution in [0.15, 0.2) is 18.2 Å². The summed E-state index contributed by atoms with van der Waals surface area (Å²) in [4.78, 5) is 12.1. The largest absolute Gasteiger partial charge is 0.494 e. The molecule has 0 aromatic heterocycles. The summed E-state index contributed by atoms with van der Waals surface area (Å²) >= 11 is 0. The van der Waals surface area contributed by atoms with Crippen molar-refractivity contribution in [3.63, 3.8) is 0 Å². The molecule has 1 saturated carbocycles. The first-order chi connectivity index (χ1) is 8.72. The number of Topliss-reactive ketones (excluding diaryl/α,β-unsaturated/α-hetero) is 1. The van der Waals surface area contributed by atoms with E-state index in [9.17, 15) is 9.18 Å². The van der Waals surface area contributed by atoms with Gasteiger partial charge in [0, 0.05) is 12.3 Å². The topological polar surface area (TPSA) is 26.3 Å². The molecule has 0 N–H and O–H groups in total. The second-order valence-electron chi connectivity index (χ2n) is 4.91. The molecule has 0 saturated heterocycles. The highest BCUT2D eigenvalue weighted by Crippen LogP contribution is 2.27. The van der Waals surface area contributed by atoms with Gasteiger partial charge in [-0.1, -0.05) is 31.4 Å². The first-order valence-corrected chi connectivity index (χ1v) is 6.56. The van der Waals surface area contributed by atoms with Crippen molar-refractivity contribution in [1.82, 2.24) is 0 Å². The van der Waals surface area contributed by atoms with Crippen molar-refractivity contribution in [2.24, 2.45) is 5.92 Å². The third-order valence-electron chi connectivity index (χ3n) is 3.69. The SMILES string of the molecule is COc1cccc(CC(=O)C2CCCCC2)c1F. The average molecular weight is 250 g/mol. The smallest absolute Gasteiger partial charge is 0.168 e. The Bertz CT molecular complexity index is 423. The van der Waals surface area contributed by atoms with Crippen LogP contribution in [-0.2, 0) is 11.2 Å². The first kappa shape index (κ1) is 13.1. The molecule has 1 aliphatic carbocycles. The maximum absolute atomic E-state index is 13.9. The van der Waals surface area contributed by atoms with E-state index in [0.717, 1.165) is 25.7 Å². The number of hydrogen-bond acceptors (Lipinski definition) is 2. The summed E-state index contributed by atoms with van der Waals surface area (Å²) in [7, 11) is 1.44. The van der Waals surface area contributed by atoms with Crippen LogP contribution in [0.4, 0.5) is 4.39 Å². The van der Waals surface area contributed by atoms with E-state index in [1.807, 2.05) is 0 Å². The molecule has 0 atom stereocenters. The van der Waals surface area contributed by atoms with Gasteiger partial charge < -0.3 is 4.74 Å². The number of benzene rings is 1. The van der Waals surface area contributed by atoms with Gasteiger partial charge in [-0.05, 0) is 24.5 Å². The minimum absolute atomic E-state index is 0.129. The standard InChI is InChI=1S/C15H19FO2/c1-18-14-9-5-8-12(15(14)16)10-13(17)11-6-3-2-4-7-11/h5,8-9,11H,2-4,6-7,10H2,1H3. The van der Waals surface area contributed by atoms with Gasteiger partial charge in [0.15, 0.2) is 11.6 Å². The Labute approximate surface area is 107 Å². The van der Waals surface area contributed by atoms with Crippen molar-refractivity contribution in [3.8, 4) is 5.75 Å². The van der Waals surface area contributed by atoms with Gasteiger partial charge in [-0.3, -0.25) is 4.79 Å².